The van der Waals surface area contributed by atoms with E-state index in [4.69, 9.17) is 0 Å². The molecular formula is C24H24F2N2O3. The first-order valence-electron chi connectivity index (χ1n) is 10.1. The molecule has 0 aliphatic carbocycles. The second-order valence-electron chi connectivity index (χ2n) is 7.50. The van der Waals surface area contributed by atoms with E-state index in [1.807, 2.05) is 6.07 Å². The number of benzene rings is 2. The van der Waals surface area contributed by atoms with Gasteiger partial charge in [0.2, 0.25) is 5.78 Å². The molecule has 1 amide bonds. The first kappa shape index (κ1) is 22.3. The largest absolute Gasteiger partial charge is 0.504 e. The van der Waals surface area contributed by atoms with Crippen LogP contribution in [0.1, 0.15) is 36.3 Å². The standard InChI is InChI=1S/C24H24F2N2O3/c1-27-15-23(30)22(29)14-24(31)28-11-3-6-20(28)13-21(16-7-9-18(25)10-8-16)17-4-2-5-19(26)12-17/h2,4-5,7-10,12,14-15,20-21,29H,3,6,11,13H2,1H3/b22-14-,27-15-/t20-,21+/m1/s1. The Balaban J connectivity index is 1.86. The van der Waals surface area contributed by atoms with Gasteiger partial charge in [-0.25, -0.2) is 8.78 Å². The van der Waals surface area contributed by atoms with Crippen molar-refractivity contribution in [2.24, 2.45) is 4.99 Å². The molecule has 0 bridgehead atoms. The van der Waals surface area contributed by atoms with Crippen molar-refractivity contribution in [3.8, 4) is 0 Å². The minimum Gasteiger partial charge on any atom is -0.504 e. The number of aliphatic hydroxyl groups is 1. The Labute approximate surface area is 179 Å². The molecule has 1 saturated heterocycles. The number of ketones is 1. The van der Waals surface area contributed by atoms with Crippen molar-refractivity contribution >= 4 is 17.9 Å². The topological polar surface area (TPSA) is 70.0 Å². The van der Waals surface area contributed by atoms with Crippen molar-refractivity contribution in [1.82, 2.24) is 4.90 Å². The molecule has 162 valence electrons. The Morgan fingerprint density at radius 3 is 2.58 bits per heavy atom. The summed E-state index contributed by atoms with van der Waals surface area (Å²) in [5.74, 6) is -2.85. The molecule has 1 aliphatic rings. The number of carbonyl (C=O) groups excluding carboxylic acids is 2. The predicted molar refractivity (Wildman–Crippen MR) is 114 cm³/mol. The van der Waals surface area contributed by atoms with Crippen molar-refractivity contribution < 1.29 is 23.5 Å². The van der Waals surface area contributed by atoms with E-state index in [-0.39, 0.29) is 23.6 Å². The van der Waals surface area contributed by atoms with E-state index in [9.17, 15) is 23.5 Å². The highest BCUT2D eigenvalue weighted by Crippen LogP contribution is 2.34. The van der Waals surface area contributed by atoms with Gasteiger partial charge in [0.05, 0.1) is 6.21 Å². The van der Waals surface area contributed by atoms with Crippen molar-refractivity contribution in [2.45, 2.75) is 31.2 Å². The number of rotatable bonds is 7. The van der Waals surface area contributed by atoms with Gasteiger partial charge >= 0.3 is 0 Å². The second-order valence-corrected chi connectivity index (χ2v) is 7.50. The number of amides is 1. The van der Waals surface area contributed by atoms with E-state index in [2.05, 4.69) is 4.99 Å². The van der Waals surface area contributed by atoms with Gasteiger partial charge in [0, 0.05) is 31.6 Å². The number of nitrogens with zero attached hydrogens (tertiary/aromatic N) is 2. The Kier molecular flexibility index (Phi) is 7.28. The number of Topliss-reactive ketones (excluding diaryl/α,β-unsaturated/α-hetero) is 1. The van der Waals surface area contributed by atoms with E-state index in [0.29, 0.717) is 13.0 Å². The quantitative estimate of drug-likeness (QED) is 0.410. The van der Waals surface area contributed by atoms with Gasteiger partial charge in [-0.15, -0.1) is 0 Å². The predicted octanol–water partition coefficient (Wildman–Crippen LogP) is 4.19. The lowest BCUT2D eigenvalue weighted by atomic mass is 9.85. The second kappa shape index (κ2) is 10.1. The molecule has 0 unspecified atom stereocenters. The Morgan fingerprint density at radius 1 is 1.16 bits per heavy atom. The average molecular weight is 426 g/mol. The number of halogens is 2. The molecule has 5 nitrogen and oxygen atoms in total. The van der Waals surface area contributed by atoms with Crippen LogP contribution in [0.25, 0.3) is 0 Å². The lowest BCUT2D eigenvalue weighted by molar-refractivity contribution is -0.127. The summed E-state index contributed by atoms with van der Waals surface area (Å²) in [5.41, 5.74) is 1.55. The molecule has 0 spiro atoms. The molecule has 1 fully saturated rings. The zero-order valence-electron chi connectivity index (χ0n) is 17.2. The lowest BCUT2D eigenvalue weighted by Crippen LogP contribution is -2.36. The highest BCUT2D eigenvalue weighted by molar-refractivity contribution is 6.34. The monoisotopic (exact) mass is 426 g/mol. The molecule has 0 radical (unpaired) electrons. The first-order chi connectivity index (χ1) is 14.9. The van der Waals surface area contributed by atoms with Crippen LogP contribution in [-0.2, 0) is 9.59 Å². The SMILES string of the molecule is C/N=C\C(=O)/C(O)=C/C(=O)N1CCC[C@@H]1C[C@@H](c1ccc(F)cc1)c1cccc(F)c1. The number of hydrogen-bond donors (Lipinski definition) is 1. The molecule has 1 aliphatic heterocycles. The lowest BCUT2D eigenvalue weighted by Gasteiger charge is -2.28. The third kappa shape index (κ3) is 5.63. The summed E-state index contributed by atoms with van der Waals surface area (Å²) < 4.78 is 27.4. The van der Waals surface area contributed by atoms with Crippen molar-refractivity contribution in [2.75, 3.05) is 13.6 Å². The van der Waals surface area contributed by atoms with E-state index in [0.717, 1.165) is 36.3 Å². The molecule has 2 aromatic rings. The van der Waals surface area contributed by atoms with Crippen molar-refractivity contribution in [3.63, 3.8) is 0 Å². The van der Waals surface area contributed by atoms with Gasteiger partial charge in [-0.3, -0.25) is 14.6 Å². The average Bonchev–Trinajstić information content (AvgIpc) is 3.21. The fraction of sp³-hybridized carbons (Fsp3) is 0.292. The molecule has 1 N–H and O–H groups in total. The van der Waals surface area contributed by atoms with Crippen LogP contribution < -0.4 is 0 Å². The summed E-state index contributed by atoms with van der Waals surface area (Å²) in [4.78, 5) is 29.5. The highest BCUT2D eigenvalue weighted by Gasteiger charge is 2.31. The van der Waals surface area contributed by atoms with Gasteiger partial charge in [-0.2, -0.15) is 0 Å². The third-order valence-electron chi connectivity index (χ3n) is 5.45. The van der Waals surface area contributed by atoms with E-state index in [1.54, 1.807) is 23.1 Å². The summed E-state index contributed by atoms with van der Waals surface area (Å²) in [7, 11) is 1.39. The fourth-order valence-electron chi connectivity index (χ4n) is 3.98. The Bertz CT molecular complexity index is 1000. The van der Waals surface area contributed by atoms with Crippen LogP contribution in [0.4, 0.5) is 8.78 Å². The molecule has 1 heterocycles. The number of hydrogen-bond acceptors (Lipinski definition) is 4. The maximum absolute atomic E-state index is 13.9. The number of aliphatic imine (C=N–C) groups is 1. The number of carbonyl (C=O) groups is 2. The van der Waals surface area contributed by atoms with E-state index in [1.165, 1.54) is 31.3 Å². The van der Waals surface area contributed by atoms with Gasteiger partial charge in [-0.1, -0.05) is 24.3 Å². The maximum Gasteiger partial charge on any atom is 0.250 e. The fourth-order valence-corrected chi connectivity index (χ4v) is 3.98. The molecule has 0 saturated carbocycles. The molecule has 31 heavy (non-hydrogen) atoms. The molecule has 7 heteroatoms. The summed E-state index contributed by atoms with van der Waals surface area (Å²) in [6.45, 7) is 0.489. The minimum absolute atomic E-state index is 0.176. The number of allylic oxidation sites excluding steroid dienone is 1. The molecule has 0 aromatic heterocycles. The van der Waals surface area contributed by atoms with E-state index < -0.39 is 17.4 Å². The van der Waals surface area contributed by atoms with Crippen LogP contribution in [0.3, 0.4) is 0 Å². The summed E-state index contributed by atoms with van der Waals surface area (Å²) in [6, 6.07) is 12.1. The van der Waals surface area contributed by atoms with Gasteiger partial charge in [0.1, 0.15) is 11.6 Å². The number of aliphatic hydroxyl groups excluding tert-OH is 1. The summed E-state index contributed by atoms with van der Waals surface area (Å²) in [5, 5.41) is 9.86. The maximum atomic E-state index is 13.9. The third-order valence-corrected chi connectivity index (χ3v) is 5.45. The number of likely N-dealkylation sites (tertiary alicyclic amines) is 1. The molecule has 2 aromatic carbocycles. The minimum atomic E-state index is -0.740. The summed E-state index contributed by atoms with van der Waals surface area (Å²) in [6.07, 6.45) is 3.86. The van der Waals surface area contributed by atoms with Crippen LogP contribution in [0, 0.1) is 11.6 Å². The first-order valence-corrected chi connectivity index (χ1v) is 10.1. The van der Waals surface area contributed by atoms with Crippen LogP contribution in [0.15, 0.2) is 65.4 Å². The molecule has 2 atom stereocenters. The van der Waals surface area contributed by atoms with Gasteiger partial charge < -0.3 is 10.0 Å². The van der Waals surface area contributed by atoms with Gasteiger partial charge in [0.15, 0.2) is 5.76 Å². The van der Waals surface area contributed by atoms with Crippen LogP contribution in [0.2, 0.25) is 0 Å². The Morgan fingerprint density at radius 2 is 1.90 bits per heavy atom. The van der Waals surface area contributed by atoms with Crippen molar-refractivity contribution in [3.05, 3.63) is 83.1 Å². The van der Waals surface area contributed by atoms with Crippen LogP contribution in [0.5, 0.6) is 0 Å². The smallest absolute Gasteiger partial charge is 0.250 e. The normalized spacial score (nSPS) is 17.8. The zero-order valence-corrected chi connectivity index (χ0v) is 17.2. The van der Waals surface area contributed by atoms with Crippen LogP contribution in [-0.4, -0.2) is 47.5 Å². The summed E-state index contributed by atoms with van der Waals surface area (Å²) >= 11 is 0. The van der Waals surface area contributed by atoms with Crippen LogP contribution >= 0.6 is 0 Å². The zero-order chi connectivity index (χ0) is 22.4. The Hall–Kier alpha value is -3.35. The molecular weight excluding hydrogens is 402 g/mol. The van der Waals surface area contributed by atoms with Gasteiger partial charge in [-0.05, 0) is 54.7 Å². The van der Waals surface area contributed by atoms with Gasteiger partial charge in [0.25, 0.3) is 5.91 Å². The van der Waals surface area contributed by atoms with E-state index >= 15 is 0 Å². The van der Waals surface area contributed by atoms with Crippen molar-refractivity contribution in [1.29, 1.82) is 0 Å². The molecule has 3 rings (SSSR count). The highest BCUT2D eigenvalue weighted by atomic mass is 19.1.